The van der Waals surface area contributed by atoms with Gasteiger partial charge in [0.2, 0.25) is 0 Å². The van der Waals surface area contributed by atoms with Gasteiger partial charge in [0.05, 0.1) is 0 Å². The van der Waals surface area contributed by atoms with Crippen LogP contribution in [0.1, 0.15) is 32.1 Å². The Morgan fingerprint density at radius 1 is 1.20 bits per heavy atom. The van der Waals surface area contributed by atoms with E-state index in [1.54, 1.807) is 11.8 Å². The van der Waals surface area contributed by atoms with Gasteiger partial charge in [-0.25, -0.2) is 0 Å². The molecule has 0 bridgehead atoms. The van der Waals surface area contributed by atoms with Gasteiger partial charge in [0.1, 0.15) is 0 Å². The minimum absolute atomic E-state index is 0.942. The van der Waals surface area contributed by atoms with Crippen LogP contribution in [0.4, 0.5) is 0 Å². The second-order valence-corrected chi connectivity index (χ2v) is 3.09. The van der Waals surface area contributed by atoms with Crippen molar-refractivity contribution < 1.29 is 0 Å². The summed E-state index contributed by atoms with van der Waals surface area (Å²) in [6.45, 7) is 0. The Kier molecular flexibility index (Phi) is 8.83. The van der Waals surface area contributed by atoms with Gasteiger partial charge in [-0.3, -0.25) is 0 Å². The first-order valence-corrected chi connectivity index (χ1v) is 4.87. The van der Waals surface area contributed by atoms with Crippen molar-refractivity contribution in [3.63, 3.8) is 0 Å². The lowest BCUT2D eigenvalue weighted by molar-refractivity contribution is 0.684. The highest BCUT2D eigenvalue weighted by Crippen LogP contribution is 2.06. The molecule has 0 amide bonds. The molecule has 57 valence electrons. The van der Waals surface area contributed by atoms with Crippen LogP contribution in [0.3, 0.4) is 0 Å². The fraction of sp³-hybridized carbons (Fsp3) is 0.667. The van der Waals surface area contributed by atoms with E-state index in [2.05, 4.69) is 12.2 Å². The van der Waals surface area contributed by atoms with Crippen molar-refractivity contribution in [1.82, 2.24) is 0 Å². The van der Waals surface area contributed by atoms with Gasteiger partial charge in [0, 0.05) is 12.7 Å². The van der Waals surface area contributed by atoms with Crippen molar-refractivity contribution in [2.45, 2.75) is 32.1 Å². The lowest BCUT2D eigenvalue weighted by Crippen LogP contribution is -1.79. The van der Waals surface area contributed by atoms with Crippen molar-refractivity contribution in [1.29, 1.82) is 0 Å². The molecule has 0 aromatic carbocycles. The molecule has 0 saturated heterocycles. The first kappa shape index (κ1) is 9.91. The molecule has 0 rings (SSSR count). The van der Waals surface area contributed by atoms with E-state index in [1.165, 1.54) is 31.4 Å². The number of hydrogen-bond donors (Lipinski definition) is 0. The van der Waals surface area contributed by atoms with Crippen LogP contribution >= 0.6 is 11.8 Å². The van der Waals surface area contributed by atoms with Gasteiger partial charge in [-0.15, -0.1) is 12.3 Å². The van der Waals surface area contributed by atoms with E-state index in [1.807, 2.05) is 0 Å². The molecule has 0 aliphatic carbocycles. The third-order valence-corrected chi connectivity index (χ3v) is 1.94. The Morgan fingerprint density at radius 3 is 2.50 bits per heavy atom. The monoisotopic (exact) mass is 155 g/mol. The molecule has 0 nitrogen and oxygen atoms in total. The number of rotatable bonds is 6. The van der Waals surface area contributed by atoms with E-state index in [0.29, 0.717) is 0 Å². The lowest BCUT2D eigenvalue weighted by Gasteiger charge is -1.95. The largest absolute Gasteiger partial charge is 0.161 e. The van der Waals surface area contributed by atoms with E-state index in [9.17, 15) is 0 Å². The van der Waals surface area contributed by atoms with Crippen LogP contribution in [-0.4, -0.2) is 5.75 Å². The molecular formula is C9H15S. The van der Waals surface area contributed by atoms with Crippen LogP contribution < -0.4 is 0 Å². The minimum atomic E-state index is 0.942. The van der Waals surface area contributed by atoms with Gasteiger partial charge < -0.3 is 0 Å². The Balaban J connectivity index is 2.72. The maximum Gasteiger partial charge on any atom is 0.00860 e. The molecule has 0 saturated carbocycles. The number of terminal acetylenes is 1. The molecule has 0 aromatic heterocycles. The average molecular weight is 155 g/mol. The standard InChI is InChI=1S/C9H15S/c1-3-4-5-6-7-8-9-10-2/h1H,2,4-9H2. The second kappa shape index (κ2) is 8.91. The Hall–Kier alpha value is -0.0900. The maximum atomic E-state index is 5.11. The summed E-state index contributed by atoms with van der Waals surface area (Å²) < 4.78 is 0. The van der Waals surface area contributed by atoms with Crippen LogP contribution in [0, 0.1) is 18.6 Å². The molecule has 0 aromatic rings. The summed E-state index contributed by atoms with van der Waals surface area (Å²) in [6.07, 6.45) is 14.8. The van der Waals surface area contributed by atoms with Crippen LogP contribution in [0.5, 0.6) is 0 Å². The highest BCUT2D eigenvalue weighted by molar-refractivity contribution is 8.00. The zero-order valence-electron chi connectivity index (χ0n) is 6.44. The van der Waals surface area contributed by atoms with Crippen LogP contribution in [0.25, 0.3) is 0 Å². The van der Waals surface area contributed by atoms with E-state index >= 15 is 0 Å². The van der Waals surface area contributed by atoms with Gasteiger partial charge >= 0.3 is 0 Å². The SMILES string of the molecule is C#CCCCCCCS[CH2]. The molecule has 0 fully saturated rings. The summed E-state index contributed by atoms with van der Waals surface area (Å²) in [5.74, 6) is 3.83. The van der Waals surface area contributed by atoms with E-state index in [4.69, 9.17) is 6.42 Å². The highest BCUT2D eigenvalue weighted by atomic mass is 32.2. The topological polar surface area (TPSA) is 0 Å². The fourth-order valence-corrected chi connectivity index (χ4v) is 1.19. The molecule has 0 atom stereocenters. The Bertz CT molecular complexity index is 91.4. The zero-order valence-corrected chi connectivity index (χ0v) is 7.25. The Labute approximate surface area is 68.8 Å². The van der Waals surface area contributed by atoms with Crippen molar-refractivity contribution in [2.24, 2.45) is 0 Å². The summed E-state index contributed by atoms with van der Waals surface area (Å²) in [5, 5.41) is 0. The fourth-order valence-electron chi connectivity index (χ4n) is 0.785. The molecule has 1 heteroatoms. The molecule has 10 heavy (non-hydrogen) atoms. The van der Waals surface area contributed by atoms with E-state index in [0.717, 1.165) is 6.42 Å². The quantitative estimate of drug-likeness (QED) is 0.419. The highest BCUT2D eigenvalue weighted by Gasteiger charge is 1.87. The maximum absolute atomic E-state index is 5.11. The average Bonchev–Trinajstić information content (AvgIpc) is 1.97. The lowest BCUT2D eigenvalue weighted by atomic mass is 10.2. The molecule has 1 radical (unpaired) electrons. The van der Waals surface area contributed by atoms with Gasteiger partial charge in [0.15, 0.2) is 0 Å². The second-order valence-electron chi connectivity index (χ2n) is 2.28. The van der Waals surface area contributed by atoms with Crippen LogP contribution in [0.2, 0.25) is 0 Å². The third-order valence-electron chi connectivity index (χ3n) is 1.36. The van der Waals surface area contributed by atoms with Gasteiger partial charge in [-0.05, 0) is 18.6 Å². The van der Waals surface area contributed by atoms with Gasteiger partial charge in [-0.1, -0.05) is 12.8 Å². The first-order valence-electron chi connectivity index (χ1n) is 3.72. The molecular weight excluding hydrogens is 140 g/mol. The molecule has 0 spiro atoms. The number of unbranched alkanes of at least 4 members (excludes halogenated alkanes) is 4. The molecule has 0 N–H and O–H groups in total. The third kappa shape index (κ3) is 7.91. The normalized spacial score (nSPS) is 9.20. The molecule has 0 heterocycles. The molecule has 0 aliphatic heterocycles. The first-order chi connectivity index (χ1) is 4.91. The number of hydrogen-bond acceptors (Lipinski definition) is 1. The van der Waals surface area contributed by atoms with Crippen molar-refractivity contribution in [2.75, 3.05) is 5.75 Å². The van der Waals surface area contributed by atoms with E-state index in [-0.39, 0.29) is 0 Å². The summed E-state index contributed by atoms with van der Waals surface area (Å²) >= 11 is 1.68. The minimum Gasteiger partial charge on any atom is -0.161 e. The van der Waals surface area contributed by atoms with Crippen LogP contribution in [0.15, 0.2) is 0 Å². The summed E-state index contributed by atoms with van der Waals surface area (Å²) in [4.78, 5) is 0. The smallest absolute Gasteiger partial charge is 0.00860 e. The number of thioether (sulfide) groups is 1. The summed E-state index contributed by atoms with van der Waals surface area (Å²) in [5.41, 5.74) is 0. The summed E-state index contributed by atoms with van der Waals surface area (Å²) in [7, 11) is 0. The predicted molar refractivity (Wildman–Crippen MR) is 49.7 cm³/mol. The summed E-state index contributed by atoms with van der Waals surface area (Å²) in [6, 6.07) is 0. The van der Waals surface area contributed by atoms with Crippen molar-refractivity contribution in [3.8, 4) is 12.3 Å². The van der Waals surface area contributed by atoms with Gasteiger partial charge in [-0.2, -0.15) is 11.8 Å². The Morgan fingerprint density at radius 2 is 1.90 bits per heavy atom. The molecule has 0 aliphatic rings. The van der Waals surface area contributed by atoms with E-state index < -0.39 is 0 Å². The van der Waals surface area contributed by atoms with Crippen molar-refractivity contribution >= 4 is 11.8 Å². The van der Waals surface area contributed by atoms with Crippen molar-refractivity contribution in [3.05, 3.63) is 6.26 Å². The zero-order chi connectivity index (χ0) is 7.66. The predicted octanol–water partition coefficient (Wildman–Crippen LogP) is 3.09. The van der Waals surface area contributed by atoms with Crippen LogP contribution in [-0.2, 0) is 0 Å². The molecule has 0 unspecified atom stereocenters. The van der Waals surface area contributed by atoms with Gasteiger partial charge in [0.25, 0.3) is 0 Å².